The van der Waals surface area contributed by atoms with Gasteiger partial charge in [0.2, 0.25) is 0 Å². The molecule has 28 heavy (non-hydrogen) atoms. The van der Waals surface area contributed by atoms with Crippen molar-refractivity contribution in [1.29, 1.82) is 0 Å². The van der Waals surface area contributed by atoms with Gasteiger partial charge in [0.25, 0.3) is 0 Å². The van der Waals surface area contributed by atoms with Crippen LogP contribution in [0.25, 0.3) is 23.1 Å². The highest BCUT2D eigenvalue weighted by Gasteiger charge is 2.23. The van der Waals surface area contributed by atoms with Gasteiger partial charge >= 0.3 is 7.60 Å². The van der Waals surface area contributed by atoms with Gasteiger partial charge in [0, 0.05) is 6.07 Å². The van der Waals surface area contributed by atoms with Gasteiger partial charge in [-0.05, 0) is 43.2 Å². The van der Waals surface area contributed by atoms with Crippen LogP contribution in [-0.4, -0.2) is 13.2 Å². The molecule has 0 saturated carbocycles. The zero-order valence-corrected chi connectivity index (χ0v) is 16.9. The molecule has 0 amide bonds. The predicted octanol–water partition coefficient (Wildman–Crippen LogP) is 5.73. The van der Waals surface area contributed by atoms with Gasteiger partial charge in [-0.1, -0.05) is 42.5 Å². The summed E-state index contributed by atoms with van der Waals surface area (Å²) in [7, 11) is -3.12. The summed E-state index contributed by atoms with van der Waals surface area (Å²) in [5.74, 6) is 0.491. The third kappa shape index (κ3) is 5.08. The maximum atomic E-state index is 12.6. The fourth-order valence-corrected chi connectivity index (χ4v) is 4.56. The normalized spacial score (nSPS) is 12.1. The largest absolute Gasteiger partial charge is 0.456 e. The van der Waals surface area contributed by atoms with Crippen molar-refractivity contribution in [2.24, 2.45) is 0 Å². The van der Waals surface area contributed by atoms with Crippen LogP contribution in [0.15, 0.2) is 63.8 Å². The second-order valence-corrected chi connectivity index (χ2v) is 8.24. The van der Waals surface area contributed by atoms with Crippen molar-refractivity contribution < 1.29 is 18.0 Å². The van der Waals surface area contributed by atoms with Gasteiger partial charge in [0.1, 0.15) is 11.3 Å². The zero-order chi connectivity index (χ0) is 20.0. The highest BCUT2D eigenvalue weighted by atomic mass is 31.2. The minimum atomic E-state index is -3.12. The summed E-state index contributed by atoms with van der Waals surface area (Å²) >= 11 is 0. The van der Waals surface area contributed by atoms with Crippen LogP contribution in [0.5, 0.6) is 0 Å². The van der Waals surface area contributed by atoms with Crippen LogP contribution in [0.2, 0.25) is 0 Å². The molecule has 0 fully saturated rings. The van der Waals surface area contributed by atoms with Crippen molar-refractivity contribution in [3.05, 3.63) is 81.7 Å². The molecule has 0 radical (unpaired) electrons. The molecular weight excluding hydrogens is 375 g/mol. The lowest BCUT2D eigenvalue weighted by atomic mass is 10.1. The number of para-hydroxylation sites is 1. The molecular formula is C22H23O5P. The predicted molar refractivity (Wildman–Crippen MR) is 112 cm³/mol. The fraction of sp³-hybridized carbons (Fsp3) is 0.227. The number of hydrogen-bond acceptors (Lipinski definition) is 5. The van der Waals surface area contributed by atoms with Crippen molar-refractivity contribution in [3.63, 3.8) is 0 Å². The van der Waals surface area contributed by atoms with Gasteiger partial charge in [-0.3, -0.25) is 9.36 Å². The van der Waals surface area contributed by atoms with Crippen LogP contribution in [0, 0.1) is 0 Å². The quantitative estimate of drug-likeness (QED) is 0.454. The lowest BCUT2D eigenvalue weighted by Gasteiger charge is -2.16. The van der Waals surface area contributed by atoms with Crippen molar-refractivity contribution in [1.82, 2.24) is 0 Å². The monoisotopic (exact) mass is 398 g/mol. The first-order chi connectivity index (χ1) is 13.5. The van der Waals surface area contributed by atoms with Gasteiger partial charge in [-0.2, -0.15) is 0 Å². The van der Waals surface area contributed by atoms with E-state index in [1.165, 1.54) is 6.07 Å². The Bertz CT molecular complexity index is 1060. The summed E-state index contributed by atoms with van der Waals surface area (Å²) in [6, 6.07) is 16.2. The van der Waals surface area contributed by atoms with Crippen LogP contribution >= 0.6 is 7.60 Å². The van der Waals surface area contributed by atoms with E-state index in [0.29, 0.717) is 29.9 Å². The van der Waals surface area contributed by atoms with E-state index in [9.17, 15) is 9.36 Å². The van der Waals surface area contributed by atoms with Crippen LogP contribution in [-0.2, 0) is 19.8 Å². The van der Waals surface area contributed by atoms with E-state index >= 15 is 0 Å². The molecule has 0 aliphatic carbocycles. The van der Waals surface area contributed by atoms with Gasteiger partial charge in [-0.15, -0.1) is 0 Å². The van der Waals surface area contributed by atoms with E-state index in [0.717, 1.165) is 11.1 Å². The minimum absolute atomic E-state index is 0.0700. The van der Waals surface area contributed by atoms with E-state index in [4.69, 9.17) is 13.5 Å². The number of fused-ring (bicyclic) bond motifs is 1. The zero-order valence-electron chi connectivity index (χ0n) is 16.0. The molecule has 0 saturated heterocycles. The average molecular weight is 398 g/mol. The molecule has 6 heteroatoms. The Kier molecular flexibility index (Phi) is 6.63. The first-order valence-corrected chi connectivity index (χ1v) is 10.9. The van der Waals surface area contributed by atoms with Crippen LogP contribution < -0.4 is 5.43 Å². The van der Waals surface area contributed by atoms with Gasteiger partial charge in [-0.25, -0.2) is 0 Å². The first kappa shape index (κ1) is 20.3. The Morgan fingerprint density at radius 1 is 0.964 bits per heavy atom. The third-order valence-electron chi connectivity index (χ3n) is 4.10. The van der Waals surface area contributed by atoms with Crippen molar-refractivity contribution >= 4 is 30.7 Å². The summed E-state index contributed by atoms with van der Waals surface area (Å²) in [5.41, 5.74) is 2.30. The molecule has 0 atom stereocenters. The summed E-state index contributed by atoms with van der Waals surface area (Å²) in [6.45, 7) is 4.28. The summed E-state index contributed by atoms with van der Waals surface area (Å²) in [6.07, 6.45) is 3.86. The molecule has 0 unspecified atom stereocenters. The molecule has 0 spiro atoms. The summed E-state index contributed by atoms with van der Waals surface area (Å²) < 4.78 is 29.0. The van der Waals surface area contributed by atoms with Gasteiger partial charge in [0.15, 0.2) is 5.43 Å². The molecule has 2 aromatic carbocycles. The maximum absolute atomic E-state index is 12.6. The molecule has 0 N–H and O–H groups in total. The first-order valence-electron chi connectivity index (χ1n) is 9.21. The van der Waals surface area contributed by atoms with Gasteiger partial charge in [0.05, 0.1) is 24.8 Å². The molecule has 146 valence electrons. The fourth-order valence-electron chi connectivity index (χ4n) is 2.86. The van der Waals surface area contributed by atoms with Crippen molar-refractivity contribution in [3.8, 4) is 0 Å². The topological polar surface area (TPSA) is 65.7 Å². The second-order valence-electron chi connectivity index (χ2n) is 6.19. The lowest BCUT2D eigenvalue weighted by molar-refractivity contribution is 0.219. The molecule has 1 heterocycles. The van der Waals surface area contributed by atoms with Crippen LogP contribution in [0.3, 0.4) is 0 Å². The number of rotatable bonds is 8. The molecule has 1 aromatic heterocycles. The van der Waals surface area contributed by atoms with Crippen LogP contribution in [0.1, 0.15) is 30.7 Å². The summed E-state index contributed by atoms with van der Waals surface area (Å²) in [4.78, 5) is 12.2. The second kappa shape index (κ2) is 9.16. The Labute approximate surface area is 164 Å². The molecule has 0 bridgehead atoms. The van der Waals surface area contributed by atoms with Crippen LogP contribution in [0.4, 0.5) is 0 Å². The molecule has 3 aromatic rings. The Morgan fingerprint density at radius 3 is 2.32 bits per heavy atom. The highest BCUT2D eigenvalue weighted by molar-refractivity contribution is 7.53. The van der Waals surface area contributed by atoms with Crippen molar-refractivity contribution in [2.45, 2.75) is 20.0 Å². The minimum Gasteiger partial charge on any atom is -0.456 e. The Morgan fingerprint density at radius 2 is 1.64 bits per heavy atom. The number of benzene rings is 2. The standard InChI is InChI=1S/C22H23O5P/c1-3-25-28(24,26-4-2)16-18-11-9-17(10-12-18)13-14-19-15-21(23)20-7-5-6-8-22(20)27-19/h5-15H,3-4,16H2,1-2H3/b14-13+. The molecule has 5 nitrogen and oxygen atoms in total. The third-order valence-corrected chi connectivity index (χ3v) is 6.16. The van der Waals surface area contributed by atoms with E-state index in [-0.39, 0.29) is 11.6 Å². The molecule has 0 aliphatic rings. The molecule has 3 rings (SSSR count). The smallest absolute Gasteiger partial charge is 0.335 e. The Balaban J connectivity index is 1.75. The SMILES string of the molecule is CCOP(=O)(Cc1ccc(/C=C/c2cc(=O)c3ccccc3o2)cc1)OCC. The van der Waals surface area contributed by atoms with E-state index in [1.54, 1.807) is 32.1 Å². The number of hydrogen-bond donors (Lipinski definition) is 0. The van der Waals surface area contributed by atoms with E-state index in [2.05, 4.69) is 0 Å². The van der Waals surface area contributed by atoms with E-state index < -0.39 is 7.60 Å². The van der Waals surface area contributed by atoms with Gasteiger partial charge < -0.3 is 13.5 Å². The average Bonchev–Trinajstić information content (AvgIpc) is 2.68. The Hall–Kier alpha value is -2.46. The summed E-state index contributed by atoms with van der Waals surface area (Å²) in [5, 5.41) is 0.567. The molecule has 0 aliphatic heterocycles. The van der Waals surface area contributed by atoms with Crippen molar-refractivity contribution in [2.75, 3.05) is 13.2 Å². The maximum Gasteiger partial charge on any atom is 0.335 e. The van der Waals surface area contributed by atoms with E-state index in [1.807, 2.05) is 42.5 Å². The lowest BCUT2D eigenvalue weighted by Crippen LogP contribution is -1.99. The highest BCUT2D eigenvalue weighted by Crippen LogP contribution is 2.51.